The van der Waals surface area contributed by atoms with Crippen molar-refractivity contribution >= 4 is 11.9 Å². The molecule has 29 heavy (non-hydrogen) atoms. The lowest BCUT2D eigenvalue weighted by Gasteiger charge is -2.31. The van der Waals surface area contributed by atoms with Crippen molar-refractivity contribution < 1.29 is 19.1 Å². The van der Waals surface area contributed by atoms with Crippen LogP contribution in [0, 0.1) is 0 Å². The average molecular weight is 398 g/mol. The SMILES string of the molecule is CCN(CC)CCOC(=O)C(Cc1ccccc1)(Cc1ccccc1)OC(C)=O. The minimum atomic E-state index is -1.40. The molecule has 2 aromatic carbocycles. The normalized spacial score (nSPS) is 11.3. The van der Waals surface area contributed by atoms with Crippen LogP contribution in [0.3, 0.4) is 0 Å². The molecule has 0 aromatic heterocycles. The summed E-state index contributed by atoms with van der Waals surface area (Å²) in [7, 11) is 0. The van der Waals surface area contributed by atoms with E-state index in [1.54, 1.807) is 0 Å². The van der Waals surface area contributed by atoms with Gasteiger partial charge in [-0.15, -0.1) is 0 Å². The highest BCUT2D eigenvalue weighted by atomic mass is 16.6. The van der Waals surface area contributed by atoms with Crippen molar-refractivity contribution in [1.29, 1.82) is 0 Å². The number of benzene rings is 2. The Morgan fingerprint density at radius 2 is 1.34 bits per heavy atom. The van der Waals surface area contributed by atoms with E-state index in [-0.39, 0.29) is 19.4 Å². The van der Waals surface area contributed by atoms with E-state index in [0.717, 1.165) is 24.2 Å². The standard InChI is InChI=1S/C24H31NO4/c1-4-25(5-2)16-17-28-23(27)24(29-20(3)26,18-21-12-8-6-9-13-21)19-22-14-10-7-11-15-22/h6-15H,4-5,16-19H2,1-3H3. The van der Waals surface area contributed by atoms with Gasteiger partial charge >= 0.3 is 11.9 Å². The largest absolute Gasteiger partial charge is 0.461 e. The zero-order valence-electron chi connectivity index (χ0n) is 17.6. The van der Waals surface area contributed by atoms with Gasteiger partial charge in [0.25, 0.3) is 0 Å². The molecule has 0 spiro atoms. The zero-order chi connectivity index (χ0) is 21.1. The number of esters is 2. The molecule has 0 unspecified atom stereocenters. The molecule has 0 bridgehead atoms. The number of hydrogen-bond acceptors (Lipinski definition) is 5. The van der Waals surface area contributed by atoms with E-state index in [0.29, 0.717) is 6.54 Å². The highest BCUT2D eigenvalue weighted by molar-refractivity contribution is 5.84. The molecule has 0 fully saturated rings. The van der Waals surface area contributed by atoms with Crippen LogP contribution in [0.2, 0.25) is 0 Å². The van der Waals surface area contributed by atoms with Gasteiger partial charge in [-0.2, -0.15) is 0 Å². The molecule has 0 aliphatic rings. The summed E-state index contributed by atoms with van der Waals surface area (Å²) in [6.07, 6.45) is 0.513. The second-order valence-corrected chi connectivity index (χ2v) is 7.08. The van der Waals surface area contributed by atoms with E-state index in [2.05, 4.69) is 18.7 Å². The lowest BCUT2D eigenvalue weighted by molar-refractivity contribution is -0.182. The van der Waals surface area contributed by atoms with Gasteiger partial charge in [0, 0.05) is 26.3 Å². The maximum atomic E-state index is 13.2. The summed E-state index contributed by atoms with van der Waals surface area (Å²) in [5.74, 6) is -1.01. The summed E-state index contributed by atoms with van der Waals surface area (Å²) in [6, 6.07) is 19.1. The van der Waals surface area contributed by atoms with E-state index in [4.69, 9.17) is 9.47 Å². The molecule has 0 saturated carbocycles. The van der Waals surface area contributed by atoms with Gasteiger partial charge in [-0.1, -0.05) is 74.5 Å². The van der Waals surface area contributed by atoms with Crippen LogP contribution >= 0.6 is 0 Å². The molecule has 0 amide bonds. The molecule has 5 heteroatoms. The summed E-state index contributed by atoms with van der Waals surface area (Å²) < 4.78 is 11.3. The summed E-state index contributed by atoms with van der Waals surface area (Å²) in [6.45, 7) is 8.14. The Morgan fingerprint density at radius 3 is 1.76 bits per heavy atom. The number of nitrogens with zero attached hydrogens (tertiary/aromatic N) is 1. The van der Waals surface area contributed by atoms with Gasteiger partial charge in [-0.25, -0.2) is 4.79 Å². The second-order valence-electron chi connectivity index (χ2n) is 7.08. The van der Waals surface area contributed by atoms with Crippen LogP contribution in [0.25, 0.3) is 0 Å². The minimum absolute atomic E-state index is 0.256. The van der Waals surface area contributed by atoms with Crippen molar-refractivity contribution in [2.45, 2.75) is 39.2 Å². The van der Waals surface area contributed by atoms with Crippen LogP contribution in [-0.2, 0) is 31.9 Å². The van der Waals surface area contributed by atoms with Crippen LogP contribution in [0.1, 0.15) is 31.9 Å². The molecule has 5 nitrogen and oxygen atoms in total. The lowest BCUT2D eigenvalue weighted by atomic mass is 9.87. The maximum absolute atomic E-state index is 13.2. The predicted molar refractivity (Wildman–Crippen MR) is 114 cm³/mol. The first-order valence-corrected chi connectivity index (χ1v) is 10.2. The Bertz CT molecular complexity index is 715. The van der Waals surface area contributed by atoms with Gasteiger partial charge in [0.05, 0.1) is 0 Å². The number of carbonyl (C=O) groups excluding carboxylic acids is 2. The lowest BCUT2D eigenvalue weighted by Crippen LogP contribution is -2.49. The highest BCUT2D eigenvalue weighted by Crippen LogP contribution is 2.26. The third-order valence-electron chi connectivity index (χ3n) is 4.91. The number of hydrogen-bond donors (Lipinski definition) is 0. The Morgan fingerprint density at radius 1 is 0.862 bits per heavy atom. The fraction of sp³-hybridized carbons (Fsp3) is 0.417. The van der Waals surface area contributed by atoms with Gasteiger partial charge in [-0.05, 0) is 24.2 Å². The smallest absolute Gasteiger partial charge is 0.351 e. The summed E-state index contributed by atoms with van der Waals surface area (Å²) in [4.78, 5) is 27.4. The van der Waals surface area contributed by atoms with E-state index in [1.807, 2.05) is 60.7 Å². The van der Waals surface area contributed by atoms with Crippen molar-refractivity contribution in [1.82, 2.24) is 4.90 Å². The van der Waals surface area contributed by atoms with Crippen molar-refractivity contribution in [2.24, 2.45) is 0 Å². The molecule has 2 rings (SSSR count). The Labute approximate surface area is 173 Å². The van der Waals surface area contributed by atoms with Crippen molar-refractivity contribution in [2.75, 3.05) is 26.2 Å². The molecular weight excluding hydrogens is 366 g/mol. The van der Waals surface area contributed by atoms with Gasteiger partial charge in [0.15, 0.2) is 0 Å². The molecule has 0 atom stereocenters. The predicted octanol–water partition coefficient (Wildman–Crippen LogP) is 3.66. The van der Waals surface area contributed by atoms with Gasteiger partial charge in [0.1, 0.15) is 6.61 Å². The van der Waals surface area contributed by atoms with E-state index in [9.17, 15) is 9.59 Å². The number of likely N-dealkylation sites (N-methyl/N-ethyl adjacent to an activating group) is 1. The van der Waals surface area contributed by atoms with E-state index < -0.39 is 17.5 Å². The number of rotatable bonds is 11. The Kier molecular flexibility index (Phi) is 8.87. The van der Waals surface area contributed by atoms with Gasteiger partial charge in [-0.3, -0.25) is 4.79 Å². The fourth-order valence-corrected chi connectivity index (χ4v) is 3.39. The van der Waals surface area contributed by atoms with E-state index in [1.165, 1.54) is 6.92 Å². The summed E-state index contributed by atoms with van der Waals surface area (Å²) in [5, 5.41) is 0. The van der Waals surface area contributed by atoms with Crippen molar-refractivity contribution in [3.05, 3.63) is 71.8 Å². The first-order valence-electron chi connectivity index (χ1n) is 10.2. The van der Waals surface area contributed by atoms with Crippen LogP contribution < -0.4 is 0 Å². The molecule has 0 radical (unpaired) electrons. The Balaban J connectivity index is 2.29. The molecule has 0 heterocycles. The topological polar surface area (TPSA) is 55.8 Å². The van der Waals surface area contributed by atoms with Crippen LogP contribution in [0.5, 0.6) is 0 Å². The molecule has 0 aliphatic carbocycles. The van der Waals surface area contributed by atoms with Gasteiger partial charge in [0.2, 0.25) is 5.60 Å². The first-order chi connectivity index (χ1) is 14.0. The third kappa shape index (κ3) is 7.02. The minimum Gasteiger partial charge on any atom is -0.461 e. The fourth-order valence-electron chi connectivity index (χ4n) is 3.39. The monoisotopic (exact) mass is 397 g/mol. The average Bonchev–Trinajstić information content (AvgIpc) is 2.72. The molecule has 0 aliphatic heterocycles. The summed E-state index contributed by atoms with van der Waals surface area (Å²) in [5.41, 5.74) is 0.411. The van der Waals surface area contributed by atoms with Gasteiger partial charge < -0.3 is 14.4 Å². The number of carbonyl (C=O) groups is 2. The molecule has 0 saturated heterocycles. The molecule has 2 aromatic rings. The maximum Gasteiger partial charge on any atom is 0.351 e. The molecular formula is C24H31NO4. The second kappa shape index (κ2) is 11.4. The van der Waals surface area contributed by atoms with Crippen LogP contribution in [0.4, 0.5) is 0 Å². The highest BCUT2D eigenvalue weighted by Gasteiger charge is 2.44. The Hall–Kier alpha value is -2.66. The van der Waals surface area contributed by atoms with Crippen molar-refractivity contribution in [3.63, 3.8) is 0 Å². The first kappa shape index (κ1) is 22.6. The van der Waals surface area contributed by atoms with E-state index >= 15 is 0 Å². The quantitative estimate of drug-likeness (QED) is 0.542. The van der Waals surface area contributed by atoms with Crippen LogP contribution in [0.15, 0.2) is 60.7 Å². The molecule has 0 N–H and O–H groups in total. The number of ether oxygens (including phenoxy) is 2. The zero-order valence-corrected chi connectivity index (χ0v) is 17.6. The van der Waals surface area contributed by atoms with Crippen molar-refractivity contribution in [3.8, 4) is 0 Å². The third-order valence-corrected chi connectivity index (χ3v) is 4.91. The van der Waals surface area contributed by atoms with Crippen LogP contribution in [-0.4, -0.2) is 48.7 Å². The summed E-state index contributed by atoms with van der Waals surface area (Å²) >= 11 is 0. The molecule has 156 valence electrons.